The van der Waals surface area contributed by atoms with Crippen molar-refractivity contribution >= 4 is 24.8 Å². The molecule has 1 aliphatic heterocycles. The summed E-state index contributed by atoms with van der Waals surface area (Å²) in [6.07, 6.45) is 2.64. The molecule has 150 valence electrons. The predicted octanol–water partition coefficient (Wildman–Crippen LogP) is 4.99. The highest BCUT2D eigenvalue weighted by Crippen LogP contribution is 2.20. The van der Waals surface area contributed by atoms with Gasteiger partial charge in [-0.1, -0.05) is 55.0 Å². The van der Waals surface area contributed by atoms with Gasteiger partial charge in [-0.3, -0.25) is 4.90 Å². The van der Waals surface area contributed by atoms with Gasteiger partial charge in [0.1, 0.15) is 12.4 Å². The van der Waals surface area contributed by atoms with Crippen molar-refractivity contribution in [2.24, 2.45) is 0 Å². The Morgan fingerprint density at radius 3 is 2.56 bits per heavy atom. The molecule has 0 amide bonds. The van der Waals surface area contributed by atoms with Crippen LogP contribution in [-0.2, 0) is 13.2 Å². The maximum absolute atomic E-state index is 6.08. The molecule has 2 aromatic carbocycles. The molecule has 1 aliphatic rings. The monoisotopic (exact) mass is 410 g/mol. The van der Waals surface area contributed by atoms with Crippen molar-refractivity contribution in [1.29, 1.82) is 0 Å². The lowest BCUT2D eigenvalue weighted by molar-refractivity contribution is 0.259. The number of ether oxygens (including phenoxy) is 1. The van der Waals surface area contributed by atoms with Crippen LogP contribution in [0.25, 0.3) is 0 Å². The molecule has 27 heavy (non-hydrogen) atoms. The first-order valence-corrected chi connectivity index (χ1v) is 9.47. The minimum absolute atomic E-state index is 0. The lowest BCUT2D eigenvalue weighted by atomic mass is 10.1. The number of likely N-dealkylation sites (N-methyl/N-ethyl adjacent to an activating group) is 1. The van der Waals surface area contributed by atoms with Gasteiger partial charge >= 0.3 is 0 Å². The molecule has 5 heteroatoms. The highest BCUT2D eigenvalue weighted by atomic mass is 35.5. The van der Waals surface area contributed by atoms with Gasteiger partial charge < -0.3 is 10.1 Å². The molecular weight excluding hydrogens is 379 g/mol. The second kappa shape index (κ2) is 12.2. The van der Waals surface area contributed by atoms with Gasteiger partial charge in [-0.15, -0.1) is 24.8 Å². The van der Waals surface area contributed by atoms with E-state index in [2.05, 4.69) is 66.5 Å². The molecule has 0 bridgehead atoms. The first kappa shape index (κ1) is 23.8. The average molecular weight is 411 g/mol. The third kappa shape index (κ3) is 7.00. The molecule has 0 spiro atoms. The minimum atomic E-state index is 0. The summed E-state index contributed by atoms with van der Waals surface area (Å²) >= 11 is 0. The zero-order valence-electron chi connectivity index (χ0n) is 16.3. The minimum Gasteiger partial charge on any atom is -0.489 e. The van der Waals surface area contributed by atoms with Crippen LogP contribution in [0, 0.1) is 6.92 Å². The van der Waals surface area contributed by atoms with E-state index in [0.717, 1.165) is 25.4 Å². The third-order valence-electron chi connectivity index (χ3n) is 5.09. The number of para-hydroxylation sites is 1. The van der Waals surface area contributed by atoms with E-state index in [1.807, 2.05) is 6.07 Å². The fourth-order valence-corrected chi connectivity index (χ4v) is 3.55. The Balaban J connectivity index is 0.00000182. The van der Waals surface area contributed by atoms with E-state index >= 15 is 0 Å². The van der Waals surface area contributed by atoms with Gasteiger partial charge in [-0.25, -0.2) is 0 Å². The van der Waals surface area contributed by atoms with Crippen molar-refractivity contribution in [2.45, 2.75) is 45.9 Å². The number of aryl methyl sites for hydroxylation is 1. The van der Waals surface area contributed by atoms with Crippen molar-refractivity contribution in [3.63, 3.8) is 0 Å². The zero-order valence-corrected chi connectivity index (χ0v) is 18.0. The fraction of sp³-hybridized carbons (Fsp3) is 0.455. The Bertz CT molecular complexity index is 664. The molecule has 1 unspecified atom stereocenters. The Kier molecular flexibility index (Phi) is 10.8. The average Bonchev–Trinajstić information content (AvgIpc) is 3.10. The molecule has 1 fully saturated rings. The fourth-order valence-electron chi connectivity index (χ4n) is 3.55. The molecule has 0 radical (unpaired) electrons. The van der Waals surface area contributed by atoms with E-state index in [0.29, 0.717) is 12.6 Å². The van der Waals surface area contributed by atoms with Crippen LogP contribution in [0.5, 0.6) is 5.75 Å². The number of nitrogens with zero attached hydrogens (tertiary/aromatic N) is 1. The van der Waals surface area contributed by atoms with Crippen molar-refractivity contribution in [3.8, 4) is 5.75 Å². The normalized spacial score (nSPS) is 16.4. The van der Waals surface area contributed by atoms with Gasteiger partial charge in [0.05, 0.1) is 0 Å². The lowest BCUT2D eigenvalue weighted by Gasteiger charge is -2.23. The molecule has 2 aromatic rings. The summed E-state index contributed by atoms with van der Waals surface area (Å²) in [6, 6.07) is 17.6. The molecule has 0 aliphatic carbocycles. The molecule has 1 atom stereocenters. The van der Waals surface area contributed by atoms with E-state index in [4.69, 9.17) is 4.74 Å². The molecular formula is C22H32Cl2N2O. The largest absolute Gasteiger partial charge is 0.489 e. The second-order valence-corrected chi connectivity index (χ2v) is 6.94. The summed E-state index contributed by atoms with van der Waals surface area (Å²) < 4.78 is 6.08. The molecule has 1 N–H and O–H groups in total. The molecule has 0 aromatic heterocycles. The second-order valence-electron chi connectivity index (χ2n) is 6.94. The smallest absolute Gasteiger partial charge is 0.124 e. The van der Waals surface area contributed by atoms with E-state index in [1.165, 1.54) is 36.1 Å². The van der Waals surface area contributed by atoms with E-state index in [-0.39, 0.29) is 24.8 Å². The number of rotatable bonds is 8. The Hall–Kier alpha value is -1.26. The molecule has 3 nitrogen and oxygen atoms in total. The van der Waals surface area contributed by atoms with Gasteiger partial charge in [-0.05, 0) is 44.5 Å². The zero-order chi connectivity index (χ0) is 17.5. The van der Waals surface area contributed by atoms with Crippen LogP contribution in [0.15, 0.2) is 48.5 Å². The number of nitrogens with one attached hydrogen (secondary N) is 1. The summed E-state index contributed by atoms with van der Waals surface area (Å²) in [5.41, 5.74) is 3.72. The quantitative estimate of drug-likeness (QED) is 0.662. The van der Waals surface area contributed by atoms with Gasteiger partial charge in [0.25, 0.3) is 0 Å². The summed E-state index contributed by atoms with van der Waals surface area (Å²) in [6.45, 7) is 9.30. The van der Waals surface area contributed by atoms with E-state index in [9.17, 15) is 0 Å². The van der Waals surface area contributed by atoms with Crippen LogP contribution in [0.2, 0.25) is 0 Å². The van der Waals surface area contributed by atoms with Crippen molar-refractivity contribution in [1.82, 2.24) is 10.2 Å². The van der Waals surface area contributed by atoms with Crippen LogP contribution in [0.3, 0.4) is 0 Å². The molecule has 1 heterocycles. The van der Waals surface area contributed by atoms with Crippen LogP contribution >= 0.6 is 24.8 Å². The highest BCUT2D eigenvalue weighted by molar-refractivity contribution is 5.85. The van der Waals surface area contributed by atoms with E-state index in [1.54, 1.807) is 0 Å². The van der Waals surface area contributed by atoms with Gasteiger partial charge in [0.15, 0.2) is 0 Å². The van der Waals surface area contributed by atoms with E-state index < -0.39 is 0 Å². The standard InChI is InChI=1S/C22H30N2O.2ClH/c1-3-24-14-6-8-21(24)16-23-15-20-7-4-5-9-22(20)25-17-19-12-10-18(2)11-13-19;;/h4-5,7,9-13,21,23H,3,6,8,14-17H2,1-2H3;2*1H. The molecule has 3 rings (SSSR count). The summed E-state index contributed by atoms with van der Waals surface area (Å²) in [5, 5.41) is 3.63. The predicted molar refractivity (Wildman–Crippen MR) is 118 cm³/mol. The summed E-state index contributed by atoms with van der Waals surface area (Å²) in [7, 11) is 0. The van der Waals surface area contributed by atoms with Crippen molar-refractivity contribution < 1.29 is 4.74 Å². The maximum Gasteiger partial charge on any atom is 0.124 e. The molecule has 0 saturated carbocycles. The van der Waals surface area contributed by atoms with Crippen molar-refractivity contribution in [2.75, 3.05) is 19.6 Å². The summed E-state index contributed by atoms with van der Waals surface area (Å²) in [5.74, 6) is 0.981. The molecule has 1 saturated heterocycles. The Morgan fingerprint density at radius 2 is 1.81 bits per heavy atom. The van der Waals surface area contributed by atoms with Gasteiger partial charge in [0, 0.05) is 24.7 Å². The van der Waals surface area contributed by atoms with Gasteiger partial charge in [0.2, 0.25) is 0 Å². The first-order chi connectivity index (χ1) is 12.3. The van der Waals surface area contributed by atoms with Gasteiger partial charge in [-0.2, -0.15) is 0 Å². The Labute approximate surface area is 176 Å². The van der Waals surface area contributed by atoms with Crippen LogP contribution in [-0.4, -0.2) is 30.6 Å². The number of halogens is 2. The van der Waals surface area contributed by atoms with Crippen molar-refractivity contribution in [3.05, 3.63) is 65.2 Å². The number of hydrogen-bond acceptors (Lipinski definition) is 3. The Morgan fingerprint density at radius 1 is 1.07 bits per heavy atom. The van der Waals surface area contributed by atoms with Crippen LogP contribution < -0.4 is 10.1 Å². The number of likely N-dealkylation sites (tertiary alicyclic amines) is 1. The third-order valence-corrected chi connectivity index (χ3v) is 5.09. The topological polar surface area (TPSA) is 24.5 Å². The highest BCUT2D eigenvalue weighted by Gasteiger charge is 2.22. The summed E-state index contributed by atoms with van der Waals surface area (Å²) in [4.78, 5) is 2.58. The van der Waals surface area contributed by atoms with Crippen LogP contribution in [0.1, 0.15) is 36.5 Å². The lowest BCUT2D eigenvalue weighted by Crippen LogP contribution is -2.37. The first-order valence-electron chi connectivity index (χ1n) is 9.47. The SMILES string of the molecule is CCN1CCCC1CNCc1ccccc1OCc1ccc(C)cc1.Cl.Cl. The maximum atomic E-state index is 6.08. The number of hydrogen-bond donors (Lipinski definition) is 1. The number of benzene rings is 2. The van der Waals surface area contributed by atoms with Crippen LogP contribution in [0.4, 0.5) is 0 Å².